The monoisotopic (exact) mass is 770 g/mol. The summed E-state index contributed by atoms with van der Waals surface area (Å²) in [5.74, 6) is 0.989. The molecule has 9 atom stereocenters. The number of aromatic nitrogens is 1. The first-order valence-electron chi connectivity index (χ1n) is 20.0. The van der Waals surface area contributed by atoms with E-state index in [1.54, 1.807) is 31.5 Å². The minimum absolute atomic E-state index is 0.0333. The lowest BCUT2D eigenvalue weighted by Gasteiger charge is -2.62. The normalized spacial score (nSPS) is 26.6. The summed E-state index contributed by atoms with van der Waals surface area (Å²) in [4.78, 5) is 42.8. The Morgan fingerprint density at radius 1 is 1.09 bits per heavy atom. The summed E-state index contributed by atoms with van der Waals surface area (Å²) in [6.07, 6.45) is 4.65. The van der Waals surface area contributed by atoms with E-state index in [2.05, 4.69) is 41.3 Å². The van der Waals surface area contributed by atoms with Crippen molar-refractivity contribution < 1.29 is 29.4 Å². The summed E-state index contributed by atoms with van der Waals surface area (Å²) >= 11 is 0. The van der Waals surface area contributed by atoms with Gasteiger partial charge < -0.3 is 35.4 Å². The van der Waals surface area contributed by atoms with Gasteiger partial charge in [-0.25, -0.2) is 0 Å². The Balaban J connectivity index is 1.28. The topological polar surface area (TPSA) is 140 Å². The first-order chi connectivity index (χ1) is 26.6. The Bertz CT molecular complexity index is 1840. The molecule has 2 bridgehead atoms. The second-order valence-corrected chi connectivity index (χ2v) is 17.4. The van der Waals surface area contributed by atoms with Crippen LogP contribution in [-0.2, 0) is 22.6 Å². The highest BCUT2D eigenvalue weighted by Gasteiger charge is 2.57. The largest absolute Gasteiger partial charge is 0.496 e. The zero-order chi connectivity index (χ0) is 40.5. The number of aliphatic hydroxyl groups is 2. The molecule has 0 spiro atoms. The molecule has 2 amide bonds. The first-order valence-corrected chi connectivity index (χ1v) is 20.0. The van der Waals surface area contributed by atoms with Crippen LogP contribution in [0.5, 0.6) is 5.75 Å². The van der Waals surface area contributed by atoms with Crippen LogP contribution in [0, 0.1) is 29.1 Å². The van der Waals surface area contributed by atoms with Gasteiger partial charge in [0, 0.05) is 73.4 Å². The Kier molecular flexibility index (Phi) is 12.8. The molecule has 4 N–H and O–H groups in total. The quantitative estimate of drug-likeness (QED) is 0.176. The standard InChI is InChI=1S/C44H62N6O6/c1-26-36-21-32(44(36,3)4)22-37(26)47-43(54)40-39(27(2)52)38(25-51)56-50(40)23-29-11-10-12-35(41(29)55-9)30-18-31(20-34(19-30)49(7)8)42(53)46-33(24-48(5)6)17-28-13-15-45-16-14-28/h10-16,18-20,26-27,32-33,36-40,51-52H,17,21-25H2,1-9H3,(H,46,53)(H,47,54)/t26-,27-,32+,33-,36-,37-,38-,39-,40-/m0/s1. The number of hydrogen-bond donors (Lipinski definition) is 4. The van der Waals surface area contributed by atoms with Crippen LogP contribution in [0.15, 0.2) is 60.9 Å². The van der Waals surface area contributed by atoms with Crippen LogP contribution >= 0.6 is 0 Å². The van der Waals surface area contributed by atoms with E-state index in [1.165, 1.54) is 6.42 Å². The fourth-order valence-electron chi connectivity index (χ4n) is 9.66. The third-order valence-corrected chi connectivity index (χ3v) is 12.8. The fourth-order valence-corrected chi connectivity index (χ4v) is 9.66. The number of carbonyl (C=O) groups excluding carboxylic acids is 2. The van der Waals surface area contributed by atoms with Gasteiger partial charge in [-0.1, -0.05) is 39.0 Å². The van der Waals surface area contributed by atoms with Crippen LogP contribution in [0.2, 0.25) is 0 Å². The Hall–Kier alpha value is -4.07. The molecule has 2 aromatic carbocycles. The lowest BCUT2D eigenvalue weighted by molar-refractivity contribution is -0.183. The molecule has 12 heteroatoms. The number of hydrogen-bond acceptors (Lipinski definition) is 10. The number of pyridine rings is 1. The van der Waals surface area contributed by atoms with Crippen molar-refractivity contribution in [1.82, 2.24) is 25.6 Å². The zero-order valence-electron chi connectivity index (χ0n) is 34.5. The molecule has 7 rings (SSSR count). The minimum Gasteiger partial charge on any atom is -0.496 e. The van der Waals surface area contributed by atoms with Crippen molar-refractivity contribution in [3.8, 4) is 16.9 Å². The second-order valence-electron chi connectivity index (χ2n) is 17.4. The van der Waals surface area contributed by atoms with Crippen molar-refractivity contribution in [2.45, 2.75) is 83.8 Å². The number of methoxy groups -OCH3 is 1. The van der Waals surface area contributed by atoms with E-state index in [1.807, 2.05) is 81.6 Å². The van der Waals surface area contributed by atoms with E-state index >= 15 is 0 Å². The number of aliphatic hydroxyl groups excluding tert-OH is 2. The van der Waals surface area contributed by atoms with Crippen molar-refractivity contribution in [3.63, 3.8) is 0 Å². The molecule has 56 heavy (non-hydrogen) atoms. The predicted octanol–water partition coefficient (Wildman–Crippen LogP) is 4.39. The van der Waals surface area contributed by atoms with Gasteiger partial charge in [-0.3, -0.25) is 19.4 Å². The summed E-state index contributed by atoms with van der Waals surface area (Å²) in [7, 11) is 9.48. The predicted molar refractivity (Wildman–Crippen MR) is 218 cm³/mol. The molecular weight excluding hydrogens is 709 g/mol. The summed E-state index contributed by atoms with van der Waals surface area (Å²) in [6, 6.07) is 14.6. The number of hydroxylamine groups is 2. The minimum atomic E-state index is -0.905. The number of nitrogens with one attached hydrogen (secondary N) is 2. The molecule has 2 heterocycles. The molecule has 3 saturated carbocycles. The van der Waals surface area contributed by atoms with Gasteiger partial charge in [0.05, 0.1) is 26.4 Å². The van der Waals surface area contributed by atoms with Crippen LogP contribution in [0.1, 0.15) is 62.0 Å². The molecular formula is C44H62N6O6. The lowest BCUT2D eigenvalue weighted by atomic mass is 9.45. The molecule has 1 aromatic heterocycles. The van der Waals surface area contributed by atoms with E-state index in [0.717, 1.165) is 34.4 Å². The molecule has 4 aliphatic rings. The highest BCUT2D eigenvalue weighted by atomic mass is 16.7. The number of fused-ring (bicyclic) bond motifs is 2. The highest BCUT2D eigenvalue weighted by molar-refractivity contribution is 5.97. The summed E-state index contributed by atoms with van der Waals surface area (Å²) in [5.41, 5.74) is 5.05. The van der Waals surface area contributed by atoms with Gasteiger partial charge in [0.25, 0.3) is 5.91 Å². The number of carbonyl (C=O) groups is 2. The smallest absolute Gasteiger partial charge is 0.251 e. The number of nitrogens with zero attached hydrogens (tertiary/aromatic N) is 4. The van der Waals surface area contributed by atoms with E-state index in [9.17, 15) is 19.8 Å². The van der Waals surface area contributed by atoms with Crippen molar-refractivity contribution in [1.29, 1.82) is 0 Å². The van der Waals surface area contributed by atoms with Gasteiger partial charge in [-0.2, -0.15) is 5.06 Å². The number of likely N-dealkylation sites (N-methyl/N-ethyl adjacent to an activating group) is 1. The van der Waals surface area contributed by atoms with Gasteiger partial charge in [-0.15, -0.1) is 0 Å². The van der Waals surface area contributed by atoms with Gasteiger partial charge in [0.15, 0.2) is 0 Å². The van der Waals surface area contributed by atoms with E-state index in [0.29, 0.717) is 42.0 Å². The number of benzene rings is 2. The summed E-state index contributed by atoms with van der Waals surface area (Å²) in [6.45, 7) is 9.04. The molecule has 3 aromatic rings. The maximum Gasteiger partial charge on any atom is 0.251 e. The number of anilines is 1. The van der Waals surface area contributed by atoms with Crippen molar-refractivity contribution >= 4 is 17.5 Å². The zero-order valence-corrected chi connectivity index (χ0v) is 34.5. The molecule has 0 radical (unpaired) electrons. The van der Waals surface area contributed by atoms with Crippen molar-refractivity contribution in [2.24, 2.45) is 29.1 Å². The molecule has 1 saturated heterocycles. The molecule has 4 fully saturated rings. The average molecular weight is 771 g/mol. The molecule has 12 nitrogen and oxygen atoms in total. The number of para-hydroxylation sites is 1. The molecule has 1 aliphatic heterocycles. The van der Waals surface area contributed by atoms with Gasteiger partial charge in [0.2, 0.25) is 5.91 Å². The van der Waals surface area contributed by atoms with Gasteiger partial charge in [0.1, 0.15) is 17.9 Å². The van der Waals surface area contributed by atoms with Crippen molar-refractivity contribution in [3.05, 3.63) is 77.6 Å². The third-order valence-electron chi connectivity index (χ3n) is 12.8. The van der Waals surface area contributed by atoms with E-state index < -0.39 is 24.2 Å². The van der Waals surface area contributed by atoms with Crippen LogP contribution in [0.4, 0.5) is 5.69 Å². The Morgan fingerprint density at radius 3 is 2.43 bits per heavy atom. The summed E-state index contributed by atoms with van der Waals surface area (Å²) < 4.78 is 6.11. The number of amides is 2. The van der Waals surface area contributed by atoms with Crippen molar-refractivity contribution in [2.75, 3.05) is 53.4 Å². The molecule has 3 aliphatic carbocycles. The Labute approximate surface area is 332 Å². The average Bonchev–Trinajstić information content (AvgIpc) is 3.53. The fraction of sp³-hybridized carbons (Fsp3) is 0.568. The maximum atomic E-state index is 14.3. The van der Waals surface area contributed by atoms with E-state index in [-0.39, 0.29) is 42.5 Å². The summed E-state index contributed by atoms with van der Waals surface area (Å²) in [5, 5.41) is 29.6. The lowest BCUT2D eigenvalue weighted by Crippen LogP contribution is -2.62. The third kappa shape index (κ3) is 8.60. The second kappa shape index (κ2) is 17.2. The molecule has 304 valence electrons. The first kappa shape index (κ1) is 41.6. The van der Waals surface area contributed by atoms with E-state index in [4.69, 9.17) is 9.57 Å². The van der Waals surface area contributed by atoms with Crippen LogP contribution in [-0.4, -0.2) is 116 Å². The van der Waals surface area contributed by atoms with Gasteiger partial charge in [-0.05, 0) is 105 Å². The van der Waals surface area contributed by atoms with Crippen LogP contribution in [0.3, 0.4) is 0 Å². The van der Waals surface area contributed by atoms with Gasteiger partial charge >= 0.3 is 0 Å². The van der Waals surface area contributed by atoms with Crippen LogP contribution in [0.25, 0.3) is 11.1 Å². The molecule has 0 unspecified atom stereocenters. The SMILES string of the molecule is COc1c(CN2O[C@@H](CO)[C@H]([C@H](C)O)[C@H]2C(=O)N[C@H]2C[C@H]3C[C@@H]([C@@H]2C)C3(C)C)cccc1-c1cc(C(=O)N[C@@H](Cc2ccncc2)CN(C)C)cc(N(C)C)c1. The van der Waals surface area contributed by atoms with Crippen LogP contribution < -0.4 is 20.3 Å². The highest BCUT2D eigenvalue weighted by Crippen LogP contribution is 2.61. The number of ether oxygens (including phenoxy) is 1. The maximum absolute atomic E-state index is 14.3. The number of rotatable bonds is 15. The Morgan fingerprint density at radius 2 is 1.82 bits per heavy atom.